The first-order chi connectivity index (χ1) is 14.7. The zero-order valence-corrected chi connectivity index (χ0v) is 20.7. The summed E-state index contributed by atoms with van der Waals surface area (Å²) in [4.78, 5) is 17.8. The quantitative estimate of drug-likeness (QED) is 0.418. The summed E-state index contributed by atoms with van der Waals surface area (Å²) in [6.45, 7) is 19.4. The zero-order chi connectivity index (χ0) is 23.4. The number of aromatic nitrogens is 2. The van der Waals surface area contributed by atoms with E-state index in [0.29, 0.717) is 5.65 Å². The molecule has 1 atom stereocenters. The first-order valence-electron chi connectivity index (χ1n) is 11.5. The van der Waals surface area contributed by atoms with Crippen molar-refractivity contribution < 1.29 is 9.31 Å². The molecule has 5 rings (SSSR count). The lowest BCUT2D eigenvalue weighted by Crippen LogP contribution is -2.41. The van der Waals surface area contributed by atoms with E-state index in [0.717, 1.165) is 27.5 Å². The van der Waals surface area contributed by atoms with Gasteiger partial charge in [0.1, 0.15) is 5.65 Å². The summed E-state index contributed by atoms with van der Waals surface area (Å²) in [6.07, 6.45) is 2.06. The van der Waals surface area contributed by atoms with Crippen LogP contribution in [0.5, 0.6) is 0 Å². The molecule has 1 saturated heterocycles. The maximum Gasteiger partial charge on any atom is 0.494 e. The van der Waals surface area contributed by atoms with Gasteiger partial charge in [-0.05, 0) is 55.9 Å². The van der Waals surface area contributed by atoms with Gasteiger partial charge in [0.25, 0.3) is 5.56 Å². The van der Waals surface area contributed by atoms with Gasteiger partial charge in [0, 0.05) is 28.3 Å². The van der Waals surface area contributed by atoms with Crippen LogP contribution in [0, 0.1) is 5.41 Å². The van der Waals surface area contributed by atoms with E-state index in [1.807, 2.05) is 12.1 Å². The molecule has 1 aliphatic heterocycles. The highest BCUT2D eigenvalue weighted by Gasteiger charge is 2.53. The van der Waals surface area contributed by atoms with Crippen molar-refractivity contribution in [2.24, 2.45) is 5.41 Å². The third kappa shape index (κ3) is 2.60. The molecule has 0 bridgehead atoms. The number of rotatable bonds is 1. The van der Waals surface area contributed by atoms with Crippen LogP contribution in [0.4, 0.5) is 0 Å². The molecule has 1 aliphatic carbocycles. The highest BCUT2D eigenvalue weighted by Crippen LogP contribution is 2.57. The number of benzene rings is 1. The first kappa shape index (κ1) is 21.7. The van der Waals surface area contributed by atoms with Crippen molar-refractivity contribution in [2.75, 3.05) is 0 Å². The number of pyridine rings is 1. The Morgan fingerprint density at radius 2 is 1.59 bits per heavy atom. The molecule has 1 fully saturated rings. The second-order valence-corrected chi connectivity index (χ2v) is 11.7. The molecule has 5 nitrogen and oxygen atoms in total. The van der Waals surface area contributed by atoms with Gasteiger partial charge in [-0.1, -0.05) is 52.8 Å². The highest BCUT2D eigenvalue weighted by molar-refractivity contribution is 6.62. The third-order valence-corrected chi connectivity index (χ3v) is 9.13. The Labute approximate surface area is 190 Å². The van der Waals surface area contributed by atoms with Crippen LogP contribution in [0.25, 0.3) is 16.4 Å². The molecule has 3 heterocycles. The van der Waals surface area contributed by atoms with E-state index in [4.69, 9.17) is 9.31 Å². The van der Waals surface area contributed by atoms with Gasteiger partial charge in [0.15, 0.2) is 0 Å². The number of hydrogen-bond donors (Lipinski definition) is 0. The van der Waals surface area contributed by atoms with Crippen LogP contribution in [0.15, 0.2) is 35.3 Å². The first-order valence-corrected chi connectivity index (χ1v) is 11.5. The Hall–Kier alpha value is -2.18. The zero-order valence-electron chi connectivity index (χ0n) is 20.7. The van der Waals surface area contributed by atoms with Gasteiger partial charge in [0.2, 0.25) is 0 Å². The lowest BCUT2D eigenvalue weighted by atomic mass is 9.66. The topological polar surface area (TPSA) is 52.8 Å². The second-order valence-electron chi connectivity index (χ2n) is 11.7. The highest BCUT2D eigenvalue weighted by atomic mass is 16.7. The summed E-state index contributed by atoms with van der Waals surface area (Å²) in [5.41, 5.74) is 2.53. The van der Waals surface area contributed by atoms with Gasteiger partial charge < -0.3 is 13.7 Å². The van der Waals surface area contributed by atoms with Crippen LogP contribution in [0.2, 0.25) is 0 Å². The Morgan fingerprint density at radius 1 is 0.969 bits per heavy atom. The summed E-state index contributed by atoms with van der Waals surface area (Å²) in [6, 6.07) is 8.27. The molecule has 0 amide bonds. The van der Waals surface area contributed by atoms with Gasteiger partial charge in [-0.2, -0.15) is 4.98 Å². The summed E-state index contributed by atoms with van der Waals surface area (Å²) in [7, 11) is -0.420. The van der Waals surface area contributed by atoms with E-state index in [1.165, 1.54) is 0 Å². The molecule has 0 radical (unpaired) electrons. The van der Waals surface area contributed by atoms with E-state index in [2.05, 4.69) is 90.0 Å². The maximum absolute atomic E-state index is 13.2. The standard InChI is InChI=1S/C26H33BN2O3/c1-15-19-20(24(4,5)23(15,2)3)29-13-12-16-14-17(10-11-18(16)21(29)28-22(19)30)27-31-25(6,7)26(8,9)32-27/h10-15H,1-9H3. The predicted molar refractivity (Wildman–Crippen MR) is 130 cm³/mol. The Balaban J connectivity index is 1.70. The second kappa shape index (κ2) is 6.24. The van der Waals surface area contributed by atoms with Gasteiger partial charge >= 0.3 is 7.12 Å². The van der Waals surface area contributed by atoms with Crippen LogP contribution in [-0.2, 0) is 14.7 Å². The van der Waals surface area contributed by atoms with Gasteiger partial charge in [-0.15, -0.1) is 0 Å². The van der Waals surface area contributed by atoms with Crippen molar-refractivity contribution in [3.05, 3.63) is 52.1 Å². The van der Waals surface area contributed by atoms with E-state index < -0.39 is 7.12 Å². The minimum Gasteiger partial charge on any atom is -0.399 e. The van der Waals surface area contributed by atoms with Gasteiger partial charge in [-0.3, -0.25) is 4.79 Å². The van der Waals surface area contributed by atoms with Crippen molar-refractivity contribution in [3.8, 4) is 0 Å². The average molecular weight is 432 g/mol. The fourth-order valence-corrected chi connectivity index (χ4v) is 5.32. The molecule has 0 N–H and O–H groups in total. The molecule has 1 unspecified atom stereocenters. The average Bonchev–Trinajstić information content (AvgIpc) is 3.00. The third-order valence-electron chi connectivity index (χ3n) is 9.13. The van der Waals surface area contributed by atoms with E-state index in [-0.39, 0.29) is 33.5 Å². The minimum atomic E-state index is -0.420. The SMILES string of the molecule is CC1c2c(n3ccc4cc(B5OC(C)(C)C(C)(C)O5)ccc4c3nc2=O)C(C)(C)C1(C)C. The number of fused-ring (bicyclic) bond motifs is 5. The molecule has 0 saturated carbocycles. The molecule has 2 aromatic heterocycles. The van der Waals surface area contributed by atoms with Crippen molar-refractivity contribution in [1.29, 1.82) is 0 Å². The van der Waals surface area contributed by atoms with Crippen molar-refractivity contribution in [3.63, 3.8) is 0 Å². The lowest BCUT2D eigenvalue weighted by Gasteiger charge is -2.38. The summed E-state index contributed by atoms with van der Waals surface area (Å²) in [5.74, 6) is 0.144. The Morgan fingerprint density at radius 3 is 2.22 bits per heavy atom. The lowest BCUT2D eigenvalue weighted by molar-refractivity contribution is 0.00578. The van der Waals surface area contributed by atoms with Crippen molar-refractivity contribution in [1.82, 2.24) is 9.38 Å². The van der Waals surface area contributed by atoms with Crippen LogP contribution < -0.4 is 11.0 Å². The molecule has 168 valence electrons. The molecular weight excluding hydrogens is 399 g/mol. The van der Waals surface area contributed by atoms with Crippen LogP contribution in [0.3, 0.4) is 0 Å². The van der Waals surface area contributed by atoms with E-state index in [9.17, 15) is 4.79 Å². The summed E-state index contributed by atoms with van der Waals surface area (Å²) in [5, 5.41) is 1.98. The van der Waals surface area contributed by atoms with Crippen LogP contribution >= 0.6 is 0 Å². The molecule has 0 spiro atoms. The Kier molecular flexibility index (Phi) is 4.22. The van der Waals surface area contributed by atoms with E-state index >= 15 is 0 Å². The molecule has 2 aliphatic rings. The molecule has 6 heteroatoms. The normalized spacial score (nSPS) is 24.9. The molecule has 1 aromatic carbocycles. The minimum absolute atomic E-state index is 0.0486. The summed E-state index contributed by atoms with van der Waals surface area (Å²) < 4.78 is 14.6. The molecule has 3 aromatic rings. The molecular formula is C26H33BN2O3. The monoisotopic (exact) mass is 432 g/mol. The Bertz CT molecular complexity index is 1320. The van der Waals surface area contributed by atoms with E-state index in [1.54, 1.807) is 0 Å². The summed E-state index contributed by atoms with van der Waals surface area (Å²) >= 11 is 0. The number of nitrogens with zero attached hydrogens (tertiary/aromatic N) is 2. The number of hydrogen-bond acceptors (Lipinski definition) is 4. The van der Waals surface area contributed by atoms with Crippen LogP contribution in [0.1, 0.15) is 79.5 Å². The fourth-order valence-electron chi connectivity index (χ4n) is 5.32. The smallest absolute Gasteiger partial charge is 0.399 e. The largest absolute Gasteiger partial charge is 0.494 e. The fraction of sp³-hybridized carbons (Fsp3) is 0.538. The maximum atomic E-state index is 13.2. The van der Waals surface area contributed by atoms with Crippen molar-refractivity contribution >= 4 is 29.0 Å². The van der Waals surface area contributed by atoms with Crippen molar-refractivity contribution in [2.45, 2.75) is 84.8 Å². The van der Waals surface area contributed by atoms with Gasteiger partial charge in [-0.25, -0.2) is 0 Å². The molecule has 32 heavy (non-hydrogen) atoms. The van der Waals surface area contributed by atoms with Crippen LogP contribution in [-0.4, -0.2) is 27.7 Å². The predicted octanol–water partition coefficient (Wildman–Crippen LogP) is 4.57. The van der Waals surface area contributed by atoms with Gasteiger partial charge in [0.05, 0.1) is 11.2 Å².